The minimum absolute atomic E-state index is 0.0584. The highest BCUT2D eigenvalue weighted by Gasteiger charge is 2.22. The summed E-state index contributed by atoms with van der Waals surface area (Å²) in [4.78, 5) is 24.9. The average Bonchev–Trinajstić information content (AvgIpc) is 3.15. The number of amides is 1. The Morgan fingerprint density at radius 3 is 2.52 bits per heavy atom. The van der Waals surface area contributed by atoms with Crippen LogP contribution >= 0.6 is 0 Å². The first-order chi connectivity index (χ1) is 13.7. The number of hydrogen-bond donors (Lipinski definition) is 1. The highest BCUT2D eigenvalue weighted by atomic mass is 32.2. The van der Waals surface area contributed by atoms with Gasteiger partial charge in [0.1, 0.15) is 0 Å². The lowest BCUT2D eigenvalue weighted by atomic mass is 10.1. The number of anilines is 1. The van der Waals surface area contributed by atoms with E-state index in [9.17, 15) is 18.0 Å². The zero-order valence-electron chi connectivity index (χ0n) is 16.6. The SMILES string of the molecule is C[C@@H](OC(=O)c1ccc2c(c1)CCC2)C(=O)Nc1cccc(S(=O)(=O)N(C)C)c1. The maximum absolute atomic E-state index is 12.4. The Bertz CT molecular complexity index is 1050. The Balaban J connectivity index is 1.66. The van der Waals surface area contributed by atoms with Gasteiger partial charge < -0.3 is 10.1 Å². The van der Waals surface area contributed by atoms with Crippen molar-refractivity contribution in [3.63, 3.8) is 0 Å². The van der Waals surface area contributed by atoms with Crippen molar-refractivity contribution in [2.24, 2.45) is 0 Å². The monoisotopic (exact) mass is 416 g/mol. The van der Waals surface area contributed by atoms with Gasteiger partial charge in [0.2, 0.25) is 10.0 Å². The van der Waals surface area contributed by atoms with Gasteiger partial charge in [-0.15, -0.1) is 0 Å². The summed E-state index contributed by atoms with van der Waals surface area (Å²) >= 11 is 0. The molecule has 0 radical (unpaired) electrons. The van der Waals surface area contributed by atoms with Crippen LogP contribution in [0.1, 0.15) is 34.8 Å². The summed E-state index contributed by atoms with van der Waals surface area (Å²) in [6.45, 7) is 1.47. The summed E-state index contributed by atoms with van der Waals surface area (Å²) in [5.74, 6) is -1.11. The molecule has 0 aromatic heterocycles. The van der Waals surface area contributed by atoms with Crippen LogP contribution in [-0.4, -0.2) is 44.8 Å². The maximum atomic E-state index is 12.4. The highest BCUT2D eigenvalue weighted by molar-refractivity contribution is 7.89. The molecule has 0 saturated carbocycles. The van der Waals surface area contributed by atoms with Gasteiger partial charge in [0, 0.05) is 19.8 Å². The molecular weight excluding hydrogens is 392 g/mol. The number of rotatable bonds is 6. The molecule has 0 aliphatic heterocycles. The highest BCUT2D eigenvalue weighted by Crippen LogP contribution is 2.23. The zero-order valence-corrected chi connectivity index (χ0v) is 17.5. The van der Waals surface area contributed by atoms with Crippen molar-refractivity contribution in [1.82, 2.24) is 4.31 Å². The topological polar surface area (TPSA) is 92.8 Å². The van der Waals surface area contributed by atoms with E-state index >= 15 is 0 Å². The first-order valence-corrected chi connectivity index (χ1v) is 10.8. The third kappa shape index (κ3) is 4.65. The smallest absolute Gasteiger partial charge is 0.338 e. The van der Waals surface area contributed by atoms with E-state index in [4.69, 9.17) is 4.74 Å². The minimum atomic E-state index is -3.62. The number of ether oxygens (including phenoxy) is 1. The lowest BCUT2D eigenvalue weighted by Gasteiger charge is -2.15. The molecule has 7 nitrogen and oxygen atoms in total. The van der Waals surface area contributed by atoms with E-state index < -0.39 is 28.0 Å². The normalized spacial score (nSPS) is 14.3. The minimum Gasteiger partial charge on any atom is -0.449 e. The average molecular weight is 416 g/mol. The zero-order chi connectivity index (χ0) is 21.2. The number of nitrogens with one attached hydrogen (secondary N) is 1. The Kier molecular flexibility index (Phi) is 6.04. The van der Waals surface area contributed by atoms with E-state index in [1.165, 1.54) is 44.8 Å². The van der Waals surface area contributed by atoms with Crippen LogP contribution in [0.2, 0.25) is 0 Å². The molecule has 1 N–H and O–H groups in total. The summed E-state index contributed by atoms with van der Waals surface area (Å²) in [7, 11) is -0.756. The predicted octanol–water partition coefficient (Wildman–Crippen LogP) is 2.61. The quantitative estimate of drug-likeness (QED) is 0.731. The molecule has 29 heavy (non-hydrogen) atoms. The Morgan fingerprint density at radius 1 is 1.07 bits per heavy atom. The van der Waals surface area contributed by atoms with Crippen molar-refractivity contribution in [3.8, 4) is 0 Å². The van der Waals surface area contributed by atoms with E-state index in [0.29, 0.717) is 11.3 Å². The van der Waals surface area contributed by atoms with Crippen LogP contribution < -0.4 is 5.32 Å². The van der Waals surface area contributed by atoms with Crippen molar-refractivity contribution in [1.29, 1.82) is 0 Å². The fourth-order valence-corrected chi connectivity index (χ4v) is 4.12. The molecule has 1 amide bonds. The molecule has 1 aliphatic carbocycles. The van der Waals surface area contributed by atoms with Gasteiger partial charge in [-0.1, -0.05) is 12.1 Å². The van der Waals surface area contributed by atoms with E-state index in [1.54, 1.807) is 12.1 Å². The lowest BCUT2D eigenvalue weighted by molar-refractivity contribution is -0.123. The van der Waals surface area contributed by atoms with Gasteiger partial charge in [0.15, 0.2) is 6.10 Å². The van der Waals surface area contributed by atoms with Crippen molar-refractivity contribution >= 4 is 27.6 Å². The number of nitrogens with zero attached hydrogens (tertiary/aromatic N) is 1. The van der Waals surface area contributed by atoms with Crippen LogP contribution in [0.4, 0.5) is 5.69 Å². The van der Waals surface area contributed by atoms with Gasteiger partial charge in [0.05, 0.1) is 10.5 Å². The fourth-order valence-electron chi connectivity index (χ4n) is 3.17. The molecule has 0 spiro atoms. The lowest BCUT2D eigenvalue weighted by Crippen LogP contribution is -2.30. The first kappa shape index (κ1) is 21.0. The van der Waals surface area contributed by atoms with E-state index in [-0.39, 0.29) is 4.90 Å². The number of aryl methyl sites for hydroxylation is 2. The fraction of sp³-hybridized carbons (Fsp3) is 0.333. The molecule has 2 aromatic rings. The second-order valence-corrected chi connectivity index (χ2v) is 9.34. The van der Waals surface area contributed by atoms with E-state index in [1.807, 2.05) is 12.1 Å². The molecular formula is C21H24N2O5S. The molecule has 2 aromatic carbocycles. The van der Waals surface area contributed by atoms with Gasteiger partial charge in [-0.2, -0.15) is 0 Å². The predicted molar refractivity (Wildman–Crippen MR) is 109 cm³/mol. The van der Waals surface area contributed by atoms with E-state index in [0.717, 1.165) is 29.1 Å². The number of sulfonamides is 1. The molecule has 0 heterocycles. The van der Waals surface area contributed by atoms with Crippen LogP contribution in [0.25, 0.3) is 0 Å². The first-order valence-electron chi connectivity index (χ1n) is 9.35. The van der Waals surface area contributed by atoms with Crippen molar-refractivity contribution in [3.05, 3.63) is 59.2 Å². The molecule has 154 valence electrons. The van der Waals surface area contributed by atoms with E-state index in [2.05, 4.69) is 5.32 Å². The Hall–Kier alpha value is -2.71. The van der Waals surface area contributed by atoms with Gasteiger partial charge >= 0.3 is 5.97 Å². The van der Waals surface area contributed by atoms with Crippen LogP contribution in [0, 0.1) is 0 Å². The summed E-state index contributed by atoms with van der Waals surface area (Å²) in [5, 5.41) is 2.59. The second-order valence-electron chi connectivity index (χ2n) is 7.19. The number of carbonyl (C=O) groups excluding carboxylic acids is 2. The second kappa shape index (κ2) is 8.34. The Morgan fingerprint density at radius 2 is 1.79 bits per heavy atom. The summed E-state index contributed by atoms with van der Waals surface area (Å²) in [6.07, 6.45) is 2.00. The van der Waals surface area contributed by atoms with Crippen molar-refractivity contribution in [2.45, 2.75) is 37.2 Å². The van der Waals surface area contributed by atoms with Gasteiger partial charge in [-0.25, -0.2) is 17.5 Å². The maximum Gasteiger partial charge on any atom is 0.338 e. The van der Waals surface area contributed by atoms with Crippen molar-refractivity contribution < 1.29 is 22.7 Å². The van der Waals surface area contributed by atoms with Gasteiger partial charge in [-0.05, 0) is 67.6 Å². The molecule has 1 aliphatic rings. The molecule has 8 heteroatoms. The largest absolute Gasteiger partial charge is 0.449 e. The third-order valence-corrected chi connectivity index (χ3v) is 6.68. The number of fused-ring (bicyclic) bond motifs is 1. The number of carbonyl (C=O) groups is 2. The molecule has 0 saturated heterocycles. The van der Waals surface area contributed by atoms with Crippen LogP contribution in [-0.2, 0) is 32.4 Å². The summed E-state index contributed by atoms with van der Waals surface area (Å²) in [5.41, 5.74) is 3.12. The molecule has 0 bridgehead atoms. The van der Waals surface area contributed by atoms with Gasteiger partial charge in [-0.3, -0.25) is 4.79 Å². The Labute approximate surface area is 170 Å². The standard InChI is InChI=1S/C21H24N2O5S/c1-14(28-21(25)17-11-10-15-6-4-7-16(15)12-17)20(24)22-18-8-5-9-19(13-18)29(26,27)23(2)3/h5,8-14H,4,6-7H2,1-3H3,(H,22,24)/t14-/m1/s1. The van der Waals surface area contributed by atoms with Crippen LogP contribution in [0.5, 0.6) is 0 Å². The molecule has 0 fully saturated rings. The summed E-state index contributed by atoms with van der Waals surface area (Å²) < 4.78 is 30.8. The van der Waals surface area contributed by atoms with Crippen LogP contribution in [0.3, 0.4) is 0 Å². The van der Waals surface area contributed by atoms with Gasteiger partial charge in [0.25, 0.3) is 5.91 Å². The third-order valence-electron chi connectivity index (χ3n) is 4.87. The van der Waals surface area contributed by atoms with Crippen molar-refractivity contribution in [2.75, 3.05) is 19.4 Å². The molecule has 0 unspecified atom stereocenters. The number of hydrogen-bond acceptors (Lipinski definition) is 5. The number of esters is 1. The number of benzene rings is 2. The summed E-state index contributed by atoms with van der Waals surface area (Å²) in [6, 6.07) is 11.4. The molecule has 3 rings (SSSR count). The van der Waals surface area contributed by atoms with Crippen LogP contribution in [0.15, 0.2) is 47.4 Å². The molecule has 1 atom stereocenters.